The van der Waals surface area contributed by atoms with Crippen LogP contribution in [-0.2, 0) is 11.2 Å². The molecule has 2 aromatic rings. The smallest absolute Gasteiger partial charge is 0.226 e. The maximum absolute atomic E-state index is 11.5. The van der Waals surface area contributed by atoms with Crippen LogP contribution < -0.4 is 10.1 Å². The van der Waals surface area contributed by atoms with E-state index < -0.39 is 0 Å². The Bertz CT molecular complexity index is 637. The van der Waals surface area contributed by atoms with Crippen molar-refractivity contribution in [2.24, 2.45) is 0 Å². The Balaban J connectivity index is 1.92. The van der Waals surface area contributed by atoms with Crippen LogP contribution in [0.3, 0.4) is 0 Å². The molecule has 0 atom stereocenters. The molecule has 1 aromatic heterocycles. The third-order valence-electron chi connectivity index (χ3n) is 3.05. The second kappa shape index (κ2) is 7.97. The Morgan fingerprint density at radius 1 is 1.45 bits per heavy atom. The lowest BCUT2D eigenvalue weighted by Crippen LogP contribution is -2.22. The van der Waals surface area contributed by atoms with Gasteiger partial charge in [-0.05, 0) is 18.6 Å². The number of hydrogen-bond donors (Lipinski definition) is 1. The minimum atomic E-state index is -0.00985. The van der Waals surface area contributed by atoms with E-state index in [-0.39, 0.29) is 5.91 Å². The number of para-hydroxylation sites is 1. The van der Waals surface area contributed by atoms with Gasteiger partial charge in [0.15, 0.2) is 0 Å². The van der Waals surface area contributed by atoms with E-state index >= 15 is 0 Å². The van der Waals surface area contributed by atoms with E-state index in [0.29, 0.717) is 43.3 Å². The van der Waals surface area contributed by atoms with Crippen LogP contribution >= 0.6 is 0 Å². The molecule has 0 radical (unpaired) electrons. The molecule has 1 amide bonds. The standard InChI is InChI=1S/C16H19N3O3/c1-3-11-17-14(20)9-6-10-15-18-16(19-22-15)12-7-4-5-8-13(12)21-2/h3-5,7-8H,1,6,9-11H2,2H3,(H,17,20). The summed E-state index contributed by atoms with van der Waals surface area (Å²) in [7, 11) is 1.60. The van der Waals surface area contributed by atoms with Crippen LogP contribution in [0.5, 0.6) is 5.75 Å². The Hall–Kier alpha value is -2.63. The molecule has 1 heterocycles. The number of carbonyl (C=O) groups excluding carboxylic acids is 1. The summed E-state index contributed by atoms with van der Waals surface area (Å²) in [6.07, 6.45) is 3.27. The Morgan fingerprint density at radius 2 is 2.27 bits per heavy atom. The van der Waals surface area contributed by atoms with Crippen LogP contribution in [0, 0.1) is 0 Å². The van der Waals surface area contributed by atoms with Gasteiger partial charge in [-0.15, -0.1) is 6.58 Å². The van der Waals surface area contributed by atoms with Gasteiger partial charge in [0.1, 0.15) is 5.75 Å². The number of carbonyl (C=O) groups is 1. The van der Waals surface area contributed by atoms with Crippen LogP contribution in [0.25, 0.3) is 11.4 Å². The lowest BCUT2D eigenvalue weighted by molar-refractivity contribution is -0.120. The first kappa shape index (κ1) is 15.8. The molecule has 0 saturated heterocycles. The Morgan fingerprint density at radius 3 is 3.05 bits per heavy atom. The summed E-state index contributed by atoms with van der Waals surface area (Å²) in [5, 5.41) is 6.69. The molecule has 0 fully saturated rings. The van der Waals surface area contributed by atoms with Gasteiger partial charge in [0.25, 0.3) is 0 Å². The largest absolute Gasteiger partial charge is 0.496 e. The van der Waals surface area contributed by atoms with E-state index in [0.717, 1.165) is 5.56 Å². The lowest BCUT2D eigenvalue weighted by atomic mass is 10.2. The van der Waals surface area contributed by atoms with E-state index in [2.05, 4.69) is 22.0 Å². The zero-order chi connectivity index (χ0) is 15.8. The monoisotopic (exact) mass is 301 g/mol. The van der Waals surface area contributed by atoms with E-state index in [9.17, 15) is 4.79 Å². The number of nitrogens with zero attached hydrogens (tertiary/aromatic N) is 2. The van der Waals surface area contributed by atoms with Crippen molar-refractivity contribution in [1.82, 2.24) is 15.5 Å². The van der Waals surface area contributed by atoms with E-state index in [1.54, 1.807) is 13.2 Å². The predicted molar refractivity (Wildman–Crippen MR) is 82.4 cm³/mol. The van der Waals surface area contributed by atoms with Gasteiger partial charge in [0.05, 0.1) is 12.7 Å². The van der Waals surface area contributed by atoms with Crippen LogP contribution in [0.2, 0.25) is 0 Å². The van der Waals surface area contributed by atoms with Crippen molar-refractivity contribution in [3.63, 3.8) is 0 Å². The highest BCUT2D eigenvalue weighted by Gasteiger charge is 2.12. The van der Waals surface area contributed by atoms with Crippen molar-refractivity contribution >= 4 is 5.91 Å². The van der Waals surface area contributed by atoms with Crippen molar-refractivity contribution in [2.45, 2.75) is 19.3 Å². The number of aryl methyl sites for hydroxylation is 1. The fraction of sp³-hybridized carbons (Fsp3) is 0.312. The molecule has 22 heavy (non-hydrogen) atoms. The van der Waals surface area contributed by atoms with Crippen molar-refractivity contribution < 1.29 is 14.1 Å². The van der Waals surface area contributed by atoms with Crippen molar-refractivity contribution in [3.8, 4) is 17.1 Å². The minimum absolute atomic E-state index is 0.00985. The number of aromatic nitrogens is 2. The second-order valence-electron chi connectivity index (χ2n) is 4.66. The number of hydrogen-bond acceptors (Lipinski definition) is 5. The fourth-order valence-corrected chi connectivity index (χ4v) is 1.97. The molecule has 6 heteroatoms. The van der Waals surface area contributed by atoms with Crippen LogP contribution in [0.4, 0.5) is 0 Å². The summed E-state index contributed by atoms with van der Waals surface area (Å²) >= 11 is 0. The van der Waals surface area contributed by atoms with Gasteiger partial charge in [-0.3, -0.25) is 4.79 Å². The van der Waals surface area contributed by atoms with Gasteiger partial charge in [-0.25, -0.2) is 0 Å². The molecule has 2 rings (SSSR count). The molecule has 0 saturated carbocycles. The van der Waals surface area contributed by atoms with Crippen molar-refractivity contribution in [1.29, 1.82) is 0 Å². The number of rotatable bonds is 8. The van der Waals surface area contributed by atoms with Crippen molar-refractivity contribution in [2.75, 3.05) is 13.7 Å². The highest BCUT2D eigenvalue weighted by molar-refractivity contribution is 5.75. The highest BCUT2D eigenvalue weighted by atomic mass is 16.5. The van der Waals surface area contributed by atoms with Gasteiger partial charge in [-0.2, -0.15) is 4.98 Å². The lowest BCUT2D eigenvalue weighted by Gasteiger charge is -2.03. The summed E-state index contributed by atoms with van der Waals surface area (Å²) in [6.45, 7) is 4.03. The van der Waals surface area contributed by atoms with Gasteiger partial charge >= 0.3 is 0 Å². The van der Waals surface area contributed by atoms with Gasteiger partial charge < -0.3 is 14.6 Å². The molecule has 6 nitrogen and oxygen atoms in total. The van der Waals surface area contributed by atoms with E-state index in [4.69, 9.17) is 9.26 Å². The zero-order valence-corrected chi connectivity index (χ0v) is 12.5. The molecule has 0 aliphatic carbocycles. The highest BCUT2D eigenvalue weighted by Crippen LogP contribution is 2.27. The first-order chi connectivity index (χ1) is 10.7. The van der Waals surface area contributed by atoms with Crippen LogP contribution in [-0.4, -0.2) is 29.7 Å². The first-order valence-corrected chi connectivity index (χ1v) is 7.08. The molecule has 0 aliphatic rings. The first-order valence-electron chi connectivity index (χ1n) is 7.08. The minimum Gasteiger partial charge on any atom is -0.496 e. The van der Waals surface area contributed by atoms with Crippen LogP contribution in [0.15, 0.2) is 41.4 Å². The molecule has 0 bridgehead atoms. The van der Waals surface area contributed by atoms with Crippen LogP contribution in [0.1, 0.15) is 18.7 Å². The Labute approximate surface area is 129 Å². The average Bonchev–Trinajstić information content (AvgIpc) is 3.01. The number of amides is 1. The molecule has 0 spiro atoms. The van der Waals surface area contributed by atoms with E-state index in [1.165, 1.54) is 0 Å². The normalized spacial score (nSPS) is 10.2. The fourth-order valence-electron chi connectivity index (χ4n) is 1.97. The Kier molecular flexibility index (Phi) is 5.71. The van der Waals surface area contributed by atoms with Crippen molar-refractivity contribution in [3.05, 3.63) is 42.8 Å². The van der Waals surface area contributed by atoms with E-state index in [1.807, 2.05) is 24.3 Å². The quantitative estimate of drug-likeness (QED) is 0.757. The number of methoxy groups -OCH3 is 1. The third kappa shape index (κ3) is 4.18. The zero-order valence-electron chi connectivity index (χ0n) is 12.5. The summed E-state index contributed by atoms with van der Waals surface area (Å²) in [4.78, 5) is 15.8. The maximum atomic E-state index is 11.5. The van der Waals surface area contributed by atoms with Gasteiger partial charge in [0, 0.05) is 19.4 Å². The molecule has 1 N–H and O–H groups in total. The summed E-state index contributed by atoms with van der Waals surface area (Å²) < 4.78 is 10.5. The SMILES string of the molecule is C=CCNC(=O)CCCc1nc(-c2ccccc2OC)no1. The molecular formula is C16H19N3O3. The number of benzene rings is 1. The molecule has 1 aromatic carbocycles. The summed E-state index contributed by atoms with van der Waals surface area (Å²) in [5.74, 6) is 1.68. The van der Waals surface area contributed by atoms with Gasteiger partial charge in [0.2, 0.25) is 17.6 Å². The maximum Gasteiger partial charge on any atom is 0.226 e. The average molecular weight is 301 g/mol. The second-order valence-corrected chi connectivity index (χ2v) is 4.66. The molecular weight excluding hydrogens is 282 g/mol. The summed E-state index contributed by atoms with van der Waals surface area (Å²) in [6, 6.07) is 7.48. The topological polar surface area (TPSA) is 77.2 Å². The molecule has 0 aliphatic heterocycles. The van der Waals surface area contributed by atoms with Gasteiger partial charge in [-0.1, -0.05) is 23.4 Å². The molecule has 116 valence electrons. The summed E-state index contributed by atoms with van der Waals surface area (Å²) in [5.41, 5.74) is 0.781. The number of nitrogens with one attached hydrogen (secondary N) is 1. The molecule has 0 unspecified atom stereocenters. The third-order valence-corrected chi connectivity index (χ3v) is 3.05. The number of ether oxygens (including phenoxy) is 1. The predicted octanol–water partition coefficient (Wildman–Crippen LogP) is 2.37.